The second-order valence-electron chi connectivity index (χ2n) is 12.4. The van der Waals surface area contributed by atoms with Crippen LogP contribution >= 0.6 is 0 Å². The minimum atomic E-state index is -2.00. The maximum absolute atomic E-state index is 11.9. The van der Waals surface area contributed by atoms with Gasteiger partial charge in [0.1, 0.15) is 67.1 Å². The molecule has 6 unspecified atom stereocenters. The van der Waals surface area contributed by atoms with Crippen molar-refractivity contribution in [1.82, 2.24) is 5.32 Å². The number of hydrogen-bond acceptors (Lipinski definition) is 17. The highest BCUT2D eigenvalue weighted by Crippen LogP contribution is 2.47. The standard InChI is InChI=1S/C26H47NO17/c1-9(31)27-14-10(32)5-26(25(2,3)4,43-21(14)15(34)11(33)6-28)44-22-16(35)12(7-29)41-24(19(22)38)42-20-13(8-30)40-23(39)18(37)17(20)36/h10-24,28-30,32-39H,5-8H2,1-4H3,(H,27,31)/t10-,11-,12?,13?,14?,15-,16+,17?,18+,19+,20-,21-,22?,23-,24+,26?/m0/s1. The van der Waals surface area contributed by atoms with Gasteiger partial charge in [-0.05, 0) is 0 Å². The summed E-state index contributed by atoms with van der Waals surface area (Å²) in [6, 6.07) is -1.29. The van der Waals surface area contributed by atoms with Crippen molar-refractivity contribution in [1.29, 1.82) is 0 Å². The van der Waals surface area contributed by atoms with E-state index < -0.39 is 135 Å². The van der Waals surface area contributed by atoms with E-state index in [0.29, 0.717) is 0 Å². The molecule has 18 heteroatoms. The van der Waals surface area contributed by atoms with E-state index in [1.54, 1.807) is 20.8 Å². The third-order valence-electron chi connectivity index (χ3n) is 8.28. The largest absolute Gasteiger partial charge is 0.394 e. The highest BCUT2D eigenvalue weighted by atomic mass is 16.8. The Morgan fingerprint density at radius 1 is 0.909 bits per heavy atom. The molecule has 12 N–H and O–H groups in total. The fourth-order valence-electron chi connectivity index (χ4n) is 5.63. The first-order valence-corrected chi connectivity index (χ1v) is 14.3. The lowest BCUT2D eigenvalue weighted by Crippen LogP contribution is -2.71. The zero-order valence-corrected chi connectivity index (χ0v) is 24.9. The smallest absolute Gasteiger partial charge is 0.217 e. The normalized spacial score (nSPS) is 45.0. The molecule has 3 aliphatic heterocycles. The van der Waals surface area contributed by atoms with E-state index in [0.717, 1.165) is 6.92 Å². The molecule has 0 aromatic heterocycles. The number of nitrogens with one attached hydrogen (secondary N) is 1. The maximum atomic E-state index is 11.9. The summed E-state index contributed by atoms with van der Waals surface area (Å²) in [7, 11) is 0. The molecule has 0 aromatic rings. The van der Waals surface area contributed by atoms with E-state index in [1.165, 1.54) is 0 Å². The SMILES string of the molecule is CC(=O)NC1[C@@H](O)CC(OC2[C@H](O)C(CO)O[C@H](O[C@H]3C(CO)O[C@H](O)[C@H](O)C3O)[C@@H]2O)(C(C)(C)C)O[C@@H]1[C@@H](O)[C@@H](O)CO. The fourth-order valence-corrected chi connectivity index (χ4v) is 5.63. The van der Waals surface area contributed by atoms with Crippen molar-refractivity contribution < 1.29 is 84.7 Å². The van der Waals surface area contributed by atoms with E-state index in [9.17, 15) is 61.0 Å². The molecule has 0 aliphatic carbocycles. The molecule has 0 radical (unpaired) electrons. The van der Waals surface area contributed by atoms with Gasteiger partial charge in [-0.25, -0.2) is 0 Å². The first kappa shape index (κ1) is 37.3. The van der Waals surface area contributed by atoms with E-state index in [-0.39, 0.29) is 0 Å². The van der Waals surface area contributed by atoms with Crippen LogP contribution in [0.25, 0.3) is 0 Å². The van der Waals surface area contributed by atoms with Crippen LogP contribution in [0.3, 0.4) is 0 Å². The molecule has 1 amide bonds. The van der Waals surface area contributed by atoms with Gasteiger partial charge in [0.25, 0.3) is 0 Å². The quantitative estimate of drug-likeness (QED) is 0.105. The molecular weight excluding hydrogens is 598 g/mol. The molecule has 0 spiro atoms. The van der Waals surface area contributed by atoms with Crippen LogP contribution in [0.15, 0.2) is 0 Å². The van der Waals surface area contributed by atoms with Crippen molar-refractivity contribution in [2.75, 3.05) is 19.8 Å². The molecule has 3 aliphatic rings. The Hall–Kier alpha value is -1.17. The lowest BCUT2D eigenvalue weighted by molar-refractivity contribution is -0.409. The Bertz CT molecular complexity index is 937. The number of amides is 1. The number of ether oxygens (including phenoxy) is 5. The first-order valence-electron chi connectivity index (χ1n) is 14.3. The molecule has 18 nitrogen and oxygen atoms in total. The summed E-state index contributed by atoms with van der Waals surface area (Å²) in [6.07, 6.45) is -24.5. The fraction of sp³-hybridized carbons (Fsp3) is 0.962. The van der Waals surface area contributed by atoms with Crippen LogP contribution < -0.4 is 5.32 Å². The van der Waals surface area contributed by atoms with Gasteiger partial charge < -0.3 is 85.2 Å². The van der Waals surface area contributed by atoms with E-state index in [1.807, 2.05) is 0 Å². The van der Waals surface area contributed by atoms with Crippen molar-refractivity contribution in [3.05, 3.63) is 0 Å². The van der Waals surface area contributed by atoms with Gasteiger partial charge in [-0.15, -0.1) is 0 Å². The third-order valence-corrected chi connectivity index (χ3v) is 8.28. The second-order valence-corrected chi connectivity index (χ2v) is 12.4. The Balaban J connectivity index is 1.98. The van der Waals surface area contributed by atoms with Gasteiger partial charge in [0.15, 0.2) is 18.4 Å². The predicted octanol–water partition coefficient (Wildman–Crippen LogP) is -6.26. The monoisotopic (exact) mass is 645 g/mol. The molecule has 16 atom stereocenters. The predicted molar refractivity (Wildman–Crippen MR) is 142 cm³/mol. The molecule has 3 heterocycles. The van der Waals surface area contributed by atoms with Gasteiger partial charge in [0.05, 0.1) is 32.0 Å². The topological polar surface area (TPSA) is 298 Å². The van der Waals surface area contributed by atoms with Gasteiger partial charge in [-0.2, -0.15) is 0 Å². The molecule has 0 aromatic carbocycles. The summed E-state index contributed by atoms with van der Waals surface area (Å²) in [5, 5.41) is 117. The van der Waals surface area contributed by atoms with Crippen molar-refractivity contribution >= 4 is 5.91 Å². The molecule has 3 rings (SSSR count). The van der Waals surface area contributed by atoms with Gasteiger partial charge >= 0.3 is 0 Å². The lowest BCUT2D eigenvalue weighted by atomic mass is 9.76. The number of carbonyl (C=O) groups excluding carboxylic acids is 1. The van der Waals surface area contributed by atoms with Crippen molar-refractivity contribution in [2.45, 2.75) is 132 Å². The summed E-state index contributed by atoms with van der Waals surface area (Å²) in [5.74, 6) is -2.61. The van der Waals surface area contributed by atoms with Gasteiger partial charge in [-0.3, -0.25) is 4.79 Å². The first-order chi connectivity index (χ1) is 20.4. The van der Waals surface area contributed by atoms with Gasteiger partial charge in [0.2, 0.25) is 5.91 Å². The molecule has 0 saturated carbocycles. The average molecular weight is 646 g/mol. The van der Waals surface area contributed by atoms with Crippen LogP contribution in [0, 0.1) is 5.41 Å². The molecule has 3 fully saturated rings. The Kier molecular flexibility index (Phi) is 12.5. The van der Waals surface area contributed by atoms with Crippen molar-refractivity contribution in [3.63, 3.8) is 0 Å². The van der Waals surface area contributed by atoms with E-state index in [4.69, 9.17) is 23.7 Å². The Morgan fingerprint density at radius 3 is 2.05 bits per heavy atom. The highest BCUT2D eigenvalue weighted by Gasteiger charge is 2.60. The van der Waals surface area contributed by atoms with Crippen LogP contribution in [0.4, 0.5) is 0 Å². The van der Waals surface area contributed by atoms with E-state index in [2.05, 4.69) is 5.32 Å². The van der Waals surface area contributed by atoms with Crippen molar-refractivity contribution in [2.24, 2.45) is 5.41 Å². The summed E-state index contributed by atoms with van der Waals surface area (Å²) in [4.78, 5) is 11.9. The van der Waals surface area contributed by atoms with Crippen LogP contribution in [0.5, 0.6) is 0 Å². The summed E-state index contributed by atoms with van der Waals surface area (Å²) >= 11 is 0. The summed E-state index contributed by atoms with van der Waals surface area (Å²) in [5.41, 5.74) is -1.14. The lowest BCUT2D eigenvalue weighted by Gasteiger charge is -2.56. The van der Waals surface area contributed by atoms with Crippen LogP contribution in [0.1, 0.15) is 34.1 Å². The van der Waals surface area contributed by atoms with Crippen molar-refractivity contribution in [3.8, 4) is 0 Å². The summed E-state index contributed by atoms with van der Waals surface area (Å²) < 4.78 is 28.7. The minimum absolute atomic E-state index is 0.419. The molecule has 0 bridgehead atoms. The van der Waals surface area contributed by atoms with E-state index >= 15 is 0 Å². The molecular formula is C26H47NO17. The number of carbonyl (C=O) groups is 1. The third kappa shape index (κ3) is 7.52. The average Bonchev–Trinajstić information content (AvgIpc) is 2.96. The van der Waals surface area contributed by atoms with Gasteiger partial charge in [-0.1, -0.05) is 20.8 Å². The molecule has 258 valence electrons. The zero-order valence-electron chi connectivity index (χ0n) is 24.9. The maximum Gasteiger partial charge on any atom is 0.217 e. The summed E-state index contributed by atoms with van der Waals surface area (Å²) in [6.45, 7) is 3.44. The van der Waals surface area contributed by atoms with Crippen LogP contribution in [0.2, 0.25) is 0 Å². The number of rotatable bonds is 10. The molecule has 44 heavy (non-hydrogen) atoms. The Morgan fingerprint density at radius 2 is 1.52 bits per heavy atom. The number of aliphatic hydroxyl groups is 11. The van der Waals surface area contributed by atoms with Crippen LogP contribution in [-0.4, -0.2) is 180 Å². The molecule has 3 saturated heterocycles. The van der Waals surface area contributed by atoms with Crippen LogP contribution in [-0.2, 0) is 28.5 Å². The highest BCUT2D eigenvalue weighted by molar-refractivity contribution is 5.73. The number of aliphatic hydroxyl groups excluding tert-OH is 11. The minimum Gasteiger partial charge on any atom is -0.394 e. The number of hydrogen-bond donors (Lipinski definition) is 12. The zero-order chi connectivity index (χ0) is 33.3. The van der Waals surface area contributed by atoms with Gasteiger partial charge in [0, 0.05) is 18.8 Å². The second kappa shape index (κ2) is 14.7. The Labute approximate surface area is 253 Å².